The summed E-state index contributed by atoms with van der Waals surface area (Å²) in [4.78, 5) is 0. The molecule has 0 saturated heterocycles. The molecule has 0 aliphatic heterocycles. The van der Waals surface area contributed by atoms with Crippen molar-refractivity contribution in [3.8, 4) is 55.6 Å². The molecular weight excluding hydrogens is 638 g/mol. The minimum Gasteiger partial charge on any atom is -0.207 e. The molecule has 0 N–H and O–H groups in total. The second-order valence-corrected chi connectivity index (χ2v) is 13.7. The lowest BCUT2D eigenvalue weighted by atomic mass is 9.81. The van der Waals surface area contributed by atoms with E-state index in [0.29, 0.717) is 5.02 Å². The Kier molecular flexibility index (Phi) is 6.31. The summed E-state index contributed by atoms with van der Waals surface area (Å²) in [6, 6.07) is 48.0. The summed E-state index contributed by atoms with van der Waals surface area (Å²) >= 11 is 7.40. The number of benzene rings is 9. The molecule has 1 aliphatic rings. The minimum atomic E-state index is -0.290. The topological polar surface area (TPSA) is 0 Å². The average Bonchev–Trinajstić information content (AvgIpc) is 3.46. The third-order valence-corrected chi connectivity index (χ3v) is 10.7. The highest BCUT2D eigenvalue weighted by molar-refractivity contribution is 6.36. The highest BCUT2D eigenvalue weighted by Crippen LogP contribution is 2.58. The summed E-state index contributed by atoms with van der Waals surface area (Å²) in [7, 11) is 0. The molecule has 236 valence electrons. The molecule has 0 saturated carbocycles. The Morgan fingerprint density at radius 2 is 0.960 bits per heavy atom. The molecule has 0 aromatic heterocycles. The summed E-state index contributed by atoms with van der Waals surface area (Å²) in [5, 5.41) is 9.57. The third kappa shape index (κ3) is 4.22. The highest BCUT2D eigenvalue weighted by Gasteiger charge is 2.31. The van der Waals surface area contributed by atoms with Gasteiger partial charge in [0.1, 0.15) is 11.6 Å². The van der Waals surface area contributed by atoms with Crippen molar-refractivity contribution in [2.24, 2.45) is 0 Å². The third-order valence-electron chi connectivity index (χ3n) is 10.4. The predicted octanol–water partition coefficient (Wildman–Crippen LogP) is 14.2. The summed E-state index contributed by atoms with van der Waals surface area (Å²) in [5.41, 5.74) is 11.4. The van der Waals surface area contributed by atoms with Crippen LogP contribution in [0, 0.1) is 18.6 Å². The van der Waals surface area contributed by atoms with Crippen LogP contribution in [0.15, 0.2) is 146 Å². The molecule has 50 heavy (non-hydrogen) atoms. The molecule has 0 spiro atoms. The van der Waals surface area contributed by atoms with Gasteiger partial charge in [0.25, 0.3) is 0 Å². The van der Waals surface area contributed by atoms with Gasteiger partial charge in [-0.1, -0.05) is 126 Å². The maximum absolute atomic E-state index is 14.5. The van der Waals surface area contributed by atoms with Crippen LogP contribution in [0.1, 0.15) is 5.56 Å². The monoisotopic (exact) mass is 664 g/mol. The van der Waals surface area contributed by atoms with Crippen LogP contribution in [-0.4, -0.2) is 0 Å². The van der Waals surface area contributed by atoms with Gasteiger partial charge in [0.05, 0.1) is 0 Å². The van der Waals surface area contributed by atoms with E-state index in [-0.39, 0.29) is 11.6 Å². The summed E-state index contributed by atoms with van der Waals surface area (Å²) in [6.07, 6.45) is 0. The quantitative estimate of drug-likeness (QED) is 0.165. The van der Waals surface area contributed by atoms with Gasteiger partial charge in [-0.05, 0) is 136 Å². The summed E-state index contributed by atoms with van der Waals surface area (Å²) in [6.45, 7) is 2.12. The predicted molar refractivity (Wildman–Crippen MR) is 207 cm³/mol. The number of hydrogen-bond donors (Lipinski definition) is 0. The normalized spacial score (nSPS) is 12.0. The molecule has 0 heterocycles. The van der Waals surface area contributed by atoms with Crippen molar-refractivity contribution in [2.75, 3.05) is 0 Å². The fourth-order valence-electron chi connectivity index (χ4n) is 8.28. The molecule has 0 bridgehead atoms. The van der Waals surface area contributed by atoms with E-state index >= 15 is 0 Å². The molecule has 10 rings (SSSR count). The zero-order valence-corrected chi connectivity index (χ0v) is 27.7. The van der Waals surface area contributed by atoms with Crippen LogP contribution in [0.2, 0.25) is 5.02 Å². The molecule has 3 heteroatoms. The summed E-state index contributed by atoms with van der Waals surface area (Å²) in [5.74, 6) is -0.577. The molecule has 0 fully saturated rings. The van der Waals surface area contributed by atoms with Crippen LogP contribution in [0.25, 0.3) is 98.7 Å². The van der Waals surface area contributed by atoms with Crippen LogP contribution < -0.4 is 0 Å². The smallest absolute Gasteiger partial charge is 0.123 e. The molecule has 0 nitrogen and oxygen atoms in total. The lowest BCUT2D eigenvalue weighted by Gasteiger charge is -2.22. The number of aryl methyl sites for hydroxylation is 1. The van der Waals surface area contributed by atoms with E-state index in [4.69, 9.17) is 11.6 Å². The van der Waals surface area contributed by atoms with E-state index in [9.17, 15) is 8.78 Å². The lowest BCUT2D eigenvalue weighted by molar-refractivity contribution is 0.627. The Hall–Kier alpha value is -5.83. The largest absolute Gasteiger partial charge is 0.207 e. The van der Waals surface area contributed by atoms with E-state index in [2.05, 4.69) is 104 Å². The van der Waals surface area contributed by atoms with E-state index < -0.39 is 0 Å². The molecule has 0 radical (unpaired) electrons. The molecule has 9 aromatic carbocycles. The van der Waals surface area contributed by atoms with Gasteiger partial charge in [-0.25, -0.2) is 8.78 Å². The molecule has 0 amide bonds. The maximum atomic E-state index is 14.5. The standard InChI is InChI=1S/C47H27ClF2/c1-26-11-12-27-17-22-35-33(38(27)23-26)7-4-8-34(35)39-24-40-41(25-42(39)48)45(30-15-20-32(50)21-16-30)47-37-10-3-6-28-5-2-9-36(43(28)37)46(47)44(40)29-13-18-31(49)19-14-29/h2-25H,1H3. The minimum absolute atomic E-state index is 0.287. The van der Waals surface area contributed by atoms with E-state index in [1.54, 1.807) is 0 Å². The Morgan fingerprint density at radius 3 is 1.60 bits per heavy atom. The highest BCUT2D eigenvalue weighted by atomic mass is 35.5. The van der Waals surface area contributed by atoms with Gasteiger partial charge >= 0.3 is 0 Å². The Balaban J connectivity index is 1.39. The Bertz CT molecular complexity index is 2880. The molecule has 1 aliphatic carbocycles. The Labute approximate surface area is 292 Å². The van der Waals surface area contributed by atoms with Crippen molar-refractivity contribution in [1.82, 2.24) is 0 Å². The fraction of sp³-hybridized carbons (Fsp3) is 0.0213. The van der Waals surface area contributed by atoms with E-state index in [0.717, 1.165) is 77.2 Å². The molecular formula is C47H27ClF2. The van der Waals surface area contributed by atoms with E-state index in [1.165, 1.54) is 51.4 Å². The van der Waals surface area contributed by atoms with Gasteiger partial charge in [-0.2, -0.15) is 0 Å². The zero-order chi connectivity index (χ0) is 33.7. The molecule has 9 aromatic rings. The molecule has 0 atom stereocenters. The van der Waals surface area contributed by atoms with Gasteiger partial charge in [0.2, 0.25) is 0 Å². The van der Waals surface area contributed by atoms with Crippen LogP contribution >= 0.6 is 11.6 Å². The number of halogens is 3. The van der Waals surface area contributed by atoms with Crippen molar-refractivity contribution in [3.63, 3.8) is 0 Å². The van der Waals surface area contributed by atoms with Gasteiger partial charge in [0.15, 0.2) is 0 Å². The average molecular weight is 665 g/mol. The number of hydrogen-bond acceptors (Lipinski definition) is 0. The second-order valence-electron chi connectivity index (χ2n) is 13.3. The van der Waals surface area contributed by atoms with Crippen LogP contribution in [0.5, 0.6) is 0 Å². The van der Waals surface area contributed by atoms with Gasteiger partial charge in [-0.3, -0.25) is 0 Å². The van der Waals surface area contributed by atoms with Crippen molar-refractivity contribution < 1.29 is 8.78 Å². The fourth-order valence-corrected chi connectivity index (χ4v) is 8.54. The SMILES string of the molecule is Cc1ccc2ccc3c(-c4cc5c(-c6ccc(F)cc6)c6c(c(-c7ccc(F)cc7)c5cc4Cl)-c4cccc5cccc-6c45)cccc3c2c1. The first-order valence-corrected chi connectivity index (χ1v) is 17.1. The van der Waals surface area contributed by atoms with Crippen molar-refractivity contribution in [2.45, 2.75) is 6.92 Å². The zero-order valence-electron chi connectivity index (χ0n) is 27.0. The van der Waals surface area contributed by atoms with E-state index in [1.807, 2.05) is 24.3 Å². The first-order valence-electron chi connectivity index (χ1n) is 16.7. The maximum Gasteiger partial charge on any atom is 0.123 e. The second kappa shape index (κ2) is 10.8. The first kappa shape index (κ1) is 29.1. The van der Waals surface area contributed by atoms with Crippen molar-refractivity contribution >= 4 is 54.7 Å². The van der Waals surface area contributed by atoms with Crippen LogP contribution in [0.4, 0.5) is 8.78 Å². The van der Waals surface area contributed by atoms with Crippen LogP contribution in [0.3, 0.4) is 0 Å². The number of rotatable bonds is 3. The van der Waals surface area contributed by atoms with Crippen molar-refractivity contribution in [1.29, 1.82) is 0 Å². The van der Waals surface area contributed by atoms with Gasteiger partial charge in [0, 0.05) is 10.6 Å². The number of fused-ring (bicyclic) bond motifs is 7. The molecule has 0 unspecified atom stereocenters. The lowest BCUT2D eigenvalue weighted by Crippen LogP contribution is -1.95. The van der Waals surface area contributed by atoms with Gasteiger partial charge < -0.3 is 0 Å². The van der Waals surface area contributed by atoms with Gasteiger partial charge in [-0.15, -0.1) is 0 Å². The first-order chi connectivity index (χ1) is 24.4. The van der Waals surface area contributed by atoms with Crippen LogP contribution in [-0.2, 0) is 0 Å². The Morgan fingerprint density at radius 1 is 0.400 bits per heavy atom. The summed E-state index contributed by atoms with van der Waals surface area (Å²) < 4.78 is 28.9. The van der Waals surface area contributed by atoms with Crippen molar-refractivity contribution in [3.05, 3.63) is 168 Å².